The molecule has 0 saturated carbocycles. The van der Waals surface area contributed by atoms with E-state index in [4.69, 9.17) is 0 Å². The number of hydrogen-bond acceptors (Lipinski definition) is 2. The van der Waals surface area contributed by atoms with E-state index >= 15 is 0 Å². The molecule has 0 spiro atoms. The van der Waals surface area contributed by atoms with Gasteiger partial charge in [0.25, 0.3) is 0 Å². The van der Waals surface area contributed by atoms with E-state index in [0.717, 1.165) is 10.9 Å². The van der Waals surface area contributed by atoms with Crippen LogP contribution in [0.5, 0.6) is 0 Å². The van der Waals surface area contributed by atoms with Crippen LogP contribution in [0.4, 0.5) is 0 Å². The summed E-state index contributed by atoms with van der Waals surface area (Å²) in [5.74, 6) is 0. The summed E-state index contributed by atoms with van der Waals surface area (Å²) in [6, 6.07) is 6.80. The van der Waals surface area contributed by atoms with E-state index < -0.39 is 10.0 Å². The standard InChI is InChI=1S/C15H20BrNO2S/c1-15(2,3)12-8-10-17(11-9-12)20(18,19)14-6-4-13(16)5-7-14/h4-8H,9-11H2,1-3H3. The Hall–Kier alpha value is -0.650. The number of hydrogen-bond donors (Lipinski definition) is 0. The number of nitrogens with zero attached hydrogens (tertiary/aromatic N) is 1. The maximum Gasteiger partial charge on any atom is 0.243 e. The van der Waals surface area contributed by atoms with Gasteiger partial charge in [-0.25, -0.2) is 8.42 Å². The van der Waals surface area contributed by atoms with Gasteiger partial charge in [0, 0.05) is 17.6 Å². The van der Waals surface area contributed by atoms with E-state index in [0.29, 0.717) is 18.0 Å². The zero-order valence-corrected chi connectivity index (χ0v) is 14.5. The maximum atomic E-state index is 12.5. The zero-order valence-electron chi connectivity index (χ0n) is 12.1. The maximum absolute atomic E-state index is 12.5. The molecule has 3 nitrogen and oxygen atoms in total. The van der Waals surface area contributed by atoms with Gasteiger partial charge in [-0.05, 0) is 36.1 Å². The first kappa shape index (κ1) is 15.7. The lowest BCUT2D eigenvalue weighted by molar-refractivity contribution is 0.389. The SMILES string of the molecule is CC(C)(C)C1=CCN(S(=O)(=O)c2ccc(Br)cc2)CC1. The third-order valence-electron chi connectivity index (χ3n) is 3.59. The molecular weight excluding hydrogens is 338 g/mol. The van der Waals surface area contributed by atoms with E-state index in [-0.39, 0.29) is 5.41 Å². The van der Waals surface area contributed by atoms with Crippen molar-refractivity contribution in [3.05, 3.63) is 40.4 Å². The van der Waals surface area contributed by atoms with Gasteiger partial charge in [0.05, 0.1) is 4.90 Å². The fourth-order valence-corrected chi connectivity index (χ4v) is 3.95. The van der Waals surface area contributed by atoms with Crippen molar-refractivity contribution in [2.45, 2.75) is 32.1 Å². The van der Waals surface area contributed by atoms with Crippen LogP contribution >= 0.6 is 15.9 Å². The van der Waals surface area contributed by atoms with Gasteiger partial charge in [-0.15, -0.1) is 0 Å². The Kier molecular flexibility index (Phi) is 4.42. The molecule has 0 aromatic heterocycles. The van der Waals surface area contributed by atoms with Crippen molar-refractivity contribution in [1.82, 2.24) is 4.31 Å². The van der Waals surface area contributed by atoms with Crippen molar-refractivity contribution in [2.75, 3.05) is 13.1 Å². The highest BCUT2D eigenvalue weighted by atomic mass is 79.9. The summed E-state index contributed by atoms with van der Waals surface area (Å²) in [5.41, 5.74) is 1.45. The Morgan fingerprint density at radius 2 is 1.75 bits per heavy atom. The van der Waals surface area contributed by atoms with E-state index in [1.807, 2.05) is 0 Å². The molecule has 0 bridgehead atoms. The molecule has 1 aliphatic heterocycles. The average Bonchev–Trinajstić information content (AvgIpc) is 2.38. The summed E-state index contributed by atoms with van der Waals surface area (Å²) in [6.45, 7) is 7.51. The van der Waals surface area contributed by atoms with Crippen LogP contribution < -0.4 is 0 Å². The molecule has 0 unspecified atom stereocenters. The number of benzene rings is 1. The van der Waals surface area contributed by atoms with Gasteiger partial charge < -0.3 is 0 Å². The fraction of sp³-hybridized carbons (Fsp3) is 0.467. The molecule has 2 rings (SSSR count). The third-order valence-corrected chi connectivity index (χ3v) is 5.99. The predicted octanol–water partition coefficient (Wildman–Crippen LogP) is 3.82. The molecule has 0 N–H and O–H groups in total. The van der Waals surface area contributed by atoms with Crippen molar-refractivity contribution in [1.29, 1.82) is 0 Å². The van der Waals surface area contributed by atoms with Gasteiger partial charge in [0.1, 0.15) is 0 Å². The van der Waals surface area contributed by atoms with E-state index in [2.05, 4.69) is 42.8 Å². The molecule has 1 aromatic rings. The molecule has 5 heteroatoms. The summed E-state index contributed by atoms with van der Waals surface area (Å²) in [6.07, 6.45) is 2.86. The summed E-state index contributed by atoms with van der Waals surface area (Å²) in [5, 5.41) is 0. The molecule has 1 aliphatic rings. The molecule has 0 aliphatic carbocycles. The van der Waals surface area contributed by atoms with E-state index in [1.165, 1.54) is 5.57 Å². The second kappa shape index (κ2) is 5.62. The highest BCUT2D eigenvalue weighted by Crippen LogP contribution is 2.31. The van der Waals surface area contributed by atoms with Crippen molar-refractivity contribution in [3.63, 3.8) is 0 Å². The first-order chi connectivity index (χ1) is 9.21. The van der Waals surface area contributed by atoms with Crippen molar-refractivity contribution >= 4 is 26.0 Å². The molecule has 1 heterocycles. The van der Waals surface area contributed by atoms with Gasteiger partial charge in [-0.3, -0.25) is 0 Å². The highest BCUT2D eigenvalue weighted by Gasteiger charge is 2.28. The molecule has 0 fully saturated rings. The summed E-state index contributed by atoms with van der Waals surface area (Å²) in [7, 11) is -3.38. The number of rotatable bonds is 2. The van der Waals surface area contributed by atoms with Gasteiger partial charge >= 0.3 is 0 Å². The molecule has 0 amide bonds. The Bertz CT molecular complexity index is 612. The van der Waals surface area contributed by atoms with E-state index in [1.54, 1.807) is 28.6 Å². The lowest BCUT2D eigenvalue weighted by atomic mass is 9.83. The van der Waals surface area contributed by atoms with Gasteiger partial charge in [0.15, 0.2) is 0 Å². The Labute approximate surface area is 129 Å². The quantitative estimate of drug-likeness (QED) is 0.754. The Balaban J connectivity index is 2.21. The fourth-order valence-electron chi connectivity index (χ4n) is 2.31. The zero-order chi connectivity index (χ0) is 15.0. The lowest BCUT2D eigenvalue weighted by Crippen LogP contribution is -2.36. The Morgan fingerprint density at radius 3 is 2.20 bits per heavy atom. The van der Waals surface area contributed by atoms with Gasteiger partial charge in [0.2, 0.25) is 10.0 Å². The second-order valence-electron chi connectivity index (χ2n) is 6.05. The molecule has 0 atom stereocenters. The smallest absolute Gasteiger partial charge is 0.207 e. The number of halogens is 1. The average molecular weight is 358 g/mol. The minimum atomic E-state index is -3.38. The van der Waals surface area contributed by atoms with Crippen LogP contribution in [0.15, 0.2) is 45.3 Å². The minimum Gasteiger partial charge on any atom is -0.207 e. The normalized spacial score (nSPS) is 17.9. The minimum absolute atomic E-state index is 0.119. The largest absolute Gasteiger partial charge is 0.243 e. The van der Waals surface area contributed by atoms with Crippen LogP contribution in [0.25, 0.3) is 0 Å². The van der Waals surface area contributed by atoms with E-state index in [9.17, 15) is 8.42 Å². The highest BCUT2D eigenvalue weighted by molar-refractivity contribution is 9.10. The first-order valence-electron chi connectivity index (χ1n) is 6.66. The van der Waals surface area contributed by atoms with Crippen LogP contribution in [-0.2, 0) is 10.0 Å². The molecule has 0 saturated heterocycles. The van der Waals surface area contributed by atoms with Crippen LogP contribution in [0.3, 0.4) is 0 Å². The third kappa shape index (κ3) is 3.32. The van der Waals surface area contributed by atoms with Crippen molar-refractivity contribution < 1.29 is 8.42 Å². The molecule has 110 valence electrons. The van der Waals surface area contributed by atoms with Crippen molar-refractivity contribution in [2.24, 2.45) is 5.41 Å². The van der Waals surface area contributed by atoms with Gasteiger partial charge in [-0.1, -0.05) is 48.4 Å². The van der Waals surface area contributed by atoms with Crippen molar-refractivity contribution in [3.8, 4) is 0 Å². The lowest BCUT2D eigenvalue weighted by Gasteiger charge is -2.31. The molecule has 1 aromatic carbocycles. The predicted molar refractivity (Wildman–Crippen MR) is 85.1 cm³/mol. The first-order valence-corrected chi connectivity index (χ1v) is 8.90. The molecule has 0 radical (unpaired) electrons. The van der Waals surface area contributed by atoms with Crippen LogP contribution in [0.1, 0.15) is 27.2 Å². The topological polar surface area (TPSA) is 37.4 Å². The second-order valence-corrected chi connectivity index (χ2v) is 8.90. The molecule has 20 heavy (non-hydrogen) atoms. The number of sulfonamides is 1. The van der Waals surface area contributed by atoms with Crippen LogP contribution in [0.2, 0.25) is 0 Å². The van der Waals surface area contributed by atoms with Gasteiger partial charge in [-0.2, -0.15) is 4.31 Å². The summed E-state index contributed by atoms with van der Waals surface area (Å²) >= 11 is 3.32. The van der Waals surface area contributed by atoms with Crippen LogP contribution in [0, 0.1) is 5.41 Å². The summed E-state index contributed by atoms with van der Waals surface area (Å²) in [4.78, 5) is 0.355. The summed E-state index contributed by atoms with van der Waals surface area (Å²) < 4.78 is 27.5. The van der Waals surface area contributed by atoms with Crippen LogP contribution in [-0.4, -0.2) is 25.8 Å². The Morgan fingerprint density at radius 1 is 1.15 bits per heavy atom. The monoisotopic (exact) mass is 357 g/mol. The molecular formula is C15H20BrNO2S.